The van der Waals surface area contributed by atoms with Crippen LogP contribution in [0.15, 0.2) is 24.3 Å². The second kappa shape index (κ2) is 10.8. The zero-order valence-corrected chi connectivity index (χ0v) is 18.5. The number of nitrogens with one attached hydrogen (secondary N) is 2. The lowest BCUT2D eigenvalue weighted by atomic mass is 9.86. The Morgan fingerprint density at radius 1 is 1.17 bits per heavy atom. The van der Waals surface area contributed by atoms with Gasteiger partial charge in [-0.25, -0.2) is 0 Å². The Labute approximate surface area is 180 Å². The average Bonchev–Trinajstić information content (AvgIpc) is 2.75. The van der Waals surface area contributed by atoms with Crippen molar-refractivity contribution in [2.75, 3.05) is 50.1 Å². The molecule has 0 spiro atoms. The monoisotopic (exact) mass is 416 g/mol. The Kier molecular flexibility index (Phi) is 8.10. The molecular formula is C23H36N4O3. The predicted octanol–water partition coefficient (Wildman–Crippen LogP) is 2.48. The third kappa shape index (κ3) is 6.19. The highest BCUT2D eigenvalue weighted by molar-refractivity contribution is 5.93. The van der Waals surface area contributed by atoms with E-state index < -0.39 is 0 Å². The van der Waals surface area contributed by atoms with E-state index in [2.05, 4.69) is 22.5 Å². The van der Waals surface area contributed by atoms with Crippen LogP contribution >= 0.6 is 0 Å². The minimum atomic E-state index is -0.353. The number of likely N-dealkylation sites (N-methyl/N-ethyl adjacent to an activating group) is 1. The van der Waals surface area contributed by atoms with Gasteiger partial charge in [-0.1, -0.05) is 19.8 Å². The Bertz CT molecular complexity index is 703. The zero-order chi connectivity index (χ0) is 21.5. The van der Waals surface area contributed by atoms with Crippen molar-refractivity contribution in [2.45, 2.75) is 51.6 Å². The Morgan fingerprint density at radius 3 is 2.50 bits per heavy atom. The highest BCUT2D eigenvalue weighted by Crippen LogP contribution is 2.24. The summed E-state index contributed by atoms with van der Waals surface area (Å²) >= 11 is 0. The van der Waals surface area contributed by atoms with Crippen molar-refractivity contribution in [3.05, 3.63) is 24.3 Å². The molecule has 7 nitrogen and oxygen atoms in total. The lowest BCUT2D eigenvalue weighted by Gasteiger charge is -2.32. The number of anilines is 2. The minimum Gasteiger partial charge on any atom is -0.378 e. The van der Waals surface area contributed by atoms with Gasteiger partial charge in [0, 0.05) is 30.5 Å². The molecule has 1 heterocycles. The van der Waals surface area contributed by atoms with Gasteiger partial charge in [0.25, 0.3) is 0 Å². The summed E-state index contributed by atoms with van der Waals surface area (Å²) in [7, 11) is 1.82. The van der Waals surface area contributed by atoms with E-state index in [-0.39, 0.29) is 30.4 Å². The van der Waals surface area contributed by atoms with E-state index in [1.54, 1.807) is 4.90 Å². The molecule has 3 atom stereocenters. The first-order chi connectivity index (χ1) is 14.4. The van der Waals surface area contributed by atoms with Crippen molar-refractivity contribution < 1.29 is 14.3 Å². The maximum Gasteiger partial charge on any atom is 0.238 e. The molecule has 166 valence electrons. The van der Waals surface area contributed by atoms with Crippen LogP contribution in [0, 0.1) is 5.92 Å². The van der Waals surface area contributed by atoms with E-state index in [0.29, 0.717) is 5.92 Å². The highest BCUT2D eigenvalue weighted by atomic mass is 16.5. The van der Waals surface area contributed by atoms with Gasteiger partial charge in [-0.3, -0.25) is 14.5 Å². The fourth-order valence-corrected chi connectivity index (χ4v) is 4.18. The Balaban J connectivity index is 1.45. The SMILES string of the molecule is C[C@H](C(=O)N[C@H]1CCCC[C@@H]1C)N(C)CC(=O)Nc1ccc(N2CCOCC2)cc1. The van der Waals surface area contributed by atoms with Gasteiger partial charge in [0.1, 0.15) is 0 Å². The first-order valence-corrected chi connectivity index (χ1v) is 11.2. The minimum absolute atomic E-state index is 0.00101. The summed E-state index contributed by atoms with van der Waals surface area (Å²) in [6.45, 7) is 7.49. The predicted molar refractivity (Wildman–Crippen MR) is 120 cm³/mol. The summed E-state index contributed by atoms with van der Waals surface area (Å²) < 4.78 is 5.39. The summed E-state index contributed by atoms with van der Waals surface area (Å²) in [6.07, 6.45) is 4.63. The van der Waals surface area contributed by atoms with Gasteiger partial charge in [0.2, 0.25) is 11.8 Å². The lowest BCUT2D eigenvalue weighted by molar-refractivity contribution is -0.127. The number of ether oxygens (including phenoxy) is 1. The molecule has 2 amide bonds. The lowest BCUT2D eigenvalue weighted by Crippen LogP contribution is -2.50. The second-order valence-corrected chi connectivity index (χ2v) is 8.66. The summed E-state index contributed by atoms with van der Waals surface area (Å²) in [4.78, 5) is 29.2. The third-order valence-electron chi connectivity index (χ3n) is 6.40. The van der Waals surface area contributed by atoms with Crippen LogP contribution in [0.1, 0.15) is 39.5 Å². The largest absolute Gasteiger partial charge is 0.378 e. The van der Waals surface area contributed by atoms with Crippen LogP contribution in [0.5, 0.6) is 0 Å². The number of rotatable bonds is 7. The molecule has 1 aliphatic carbocycles. The summed E-state index contributed by atoms with van der Waals surface area (Å²) in [5.41, 5.74) is 1.90. The van der Waals surface area contributed by atoms with E-state index in [1.807, 2.05) is 38.2 Å². The van der Waals surface area contributed by atoms with Gasteiger partial charge in [-0.2, -0.15) is 0 Å². The van der Waals surface area contributed by atoms with Crippen LogP contribution in [0.3, 0.4) is 0 Å². The second-order valence-electron chi connectivity index (χ2n) is 8.66. The molecule has 30 heavy (non-hydrogen) atoms. The molecule has 7 heteroatoms. The molecule has 1 aliphatic heterocycles. The van der Waals surface area contributed by atoms with Gasteiger partial charge in [0.05, 0.1) is 25.8 Å². The number of hydrogen-bond acceptors (Lipinski definition) is 5. The van der Waals surface area contributed by atoms with Crippen LogP contribution in [-0.2, 0) is 14.3 Å². The molecule has 1 aromatic rings. The van der Waals surface area contributed by atoms with Crippen LogP contribution in [-0.4, -0.2) is 68.7 Å². The van der Waals surface area contributed by atoms with Gasteiger partial charge in [-0.05, 0) is 57.0 Å². The molecule has 1 saturated carbocycles. The van der Waals surface area contributed by atoms with Crippen LogP contribution in [0.2, 0.25) is 0 Å². The van der Waals surface area contributed by atoms with Gasteiger partial charge in [-0.15, -0.1) is 0 Å². The number of carbonyl (C=O) groups excluding carboxylic acids is 2. The maximum atomic E-state index is 12.6. The van der Waals surface area contributed by atoms with Crippen LogP contribution < -0.4 is 15.5 Å². The summed E-state index contributed by atoms with van der Waals surface area (Å²) in [5, 5.41) is 6.11. The van der Waals surface area contributed by atoms with E-state index in [1.165, 1.54) is 19.3 Å². The van der Waals surface area contributed by atoms with Gasteiger partial charge < -0.3 is 20.3 Å². The van der Waals surface area contributed by atoms with Crippen LogP contribution in [0.4, 0.5) is 11.4 Å². The molecule has 0 unspecified atom stereocenters. The van der Waals surface area contributed by atoms with E-state index in [9.17, 15) is 9.59 Å². The first-order valence-electron chi connectivity index (χ1n) is 11.2. The number of morpholine rings is 1. The quantitative estimate of drug-likeness (QED) is 0.714. The maximum absolute atomic E-state index is 12.6. The Morgan fingerprint density at radius 2 is 1.83 bits per heavy atom. The number of hydrogen-bond donors (Lipinski definition) is 2. The molecular weight excluding hydrogens is 380 g/mol. The fourth-order valence-electron chi connectivity index (χ4n) is 4.18. The van der Waals surface area contributed by atoms with Crippen LogP contribution in [0.25, 0.3) is 0 Å². The van der Waals surface area contributed by atoms with Crippen molar-refractivity contribution in [2.24, 2.45) is 5.92 Å². The molecule has 0 aromatic heterocycles. The van der Waals surface area contributed by atoms with Gasteiger partial charge in [0.15, 0.2) is 0 Å². The van der Waals surface area contributed by atoms with Crippen molar-refractivity contribution in [3.63, 3.8) is 0 Å². The standard InChI is InChI=1S/C23H36N4O3/c1-17-6-4-5-7-21(17)25-23(29)18(2)26(3)16-22(28)24-19-8-10-20(11-9-19)27-12-14-30-15-13-27/h8-11,17-18,21H,4-7,12-16H2,1-3H3,(H,24,28)(H,25,29)/t17-,18+,21-/m0/s1. The molecule has 2 aliphatic rings. The highest BCUT2D eigenvalue weighted by Gasteiger charge is 2.27. The van der Waals surface area contributed by atoms with Crippen molar-refractivity contribution in [1.29, 1.82) is 0 Å². The van der Waals surface area contributed by atoms with E-state index >= 15 is 0 Å². The smallest absolute Gasteiger partial charge is 0.238 e. The van der Waals surface area contributed by atoms with E-state index in [4.69, 9.17) is 4.74 Å². The molecule has 0 bridgehead atoms. The number of carbonyl (C=O) groups is 2. The number of benzene rings is 1. The van der Waals surface area contributed by atoms with Crippen molar-refractivity contribution in [3.8, 4) is 0 Å². The normalized spacial score (nSPS) is 23.1. The van der Waals surface area contributed by atoms with Crippen molar-refractivity contribution in [1.82, 2.24) is 10.2 Å². The Hall–Kier alpha value is -2.12. The fraction of sp³-hybridized carbons (Fsp3) is 0.652. The topological polar surface area (TPSA) is 73.9 Å². The molecule has 0 radical (unpaired) electrons. The third-order valence-corrected chi connectivity index (χ3v) is 6.40. The summed E-state index contributed by atoms with van der Waals surface area (Å²) in [6, 6.07) is 7.78. The van der Waals surface area contributed by atoms with Crippen molar-refractivity contribution >= 4 is 23.2 Å². The zero-order valence-electron chi connectivity index (χ0n) is 18.5. The molecule has 3 rings (SSSR count). The summed E-state index contributed by atoms with van der Waals surface area (Å²) in [5.74, 6) is 0.394. The molecule has 1 aromatic carbocycles. The van der Waals surface area contributed by atoms with E-state index in [0.717, 1.165) is 44.1 Å². The molecule has 2 fully saturated rings. The number of amides is 2. The average molecular weight is 417 g/mol. The number of nitrogens with zero attached hydrogens (tertiary/aromatic N) is 2. The molecule has 2 N–H and O–H groups in total. The molecule has 1 saturated heterocycles. The first kappa shape index (κ1) is 22.6. The van der Waals surface area contributed by atoms with Gasteiger partial charge >= 0.3 is 0 Å².